The highest BCUT2D eigenvalue weighted by Gasteiger charge is 2.39. The third-order valence-electron chi connectivity index (χ3n) is 4.54. The molecule has 0 spiro atoms. The van der Waals surface area contributed by atoms with Crippen LogP contribution in [0.25, 0.3) is 0 Å². The van der Waals surface area contributed by atoms with E-state index in [2.05, 4.69) is 6.07 Å². The second-order valence-corrected chi connectivity index (χ2v) is 5.99. The van der Waals surface area contributed by atoms with Gasteiger partial charge in [0.05, 0.1) is 5.92 Å². The second kappa shape index (κ2) is 5.39. The molecule has 0 unspecified atom stereocenters. The standard InChI is InChI=1S/C16H20N2O3/c1-11-9-17(10-13(11)15(19)20)16(21)18-8-4-6-12-5-2-3-7-14(12)18/h2-3,5,7,11,13H,4,6,8-10H2,1H3,(H,19,20)/t11-,13-/m1/s1. The zero-order valence-electron chi connectivity index (χ0n) is 12.2. The number of hydrogen-bond acceptors (Lipinski definition) is 2. The molecule has 21 heavy (non-hydrogen) atoms. The Morgan fingerprint density at radius 1 is 1.24 bits per heavy atom. The molecule has 0 bridgehead atoms. The van der Waals surface area contributed by atoms with Gasteiger partial charge in [-0.15, -0.1) is 0 Å². The number of benzene rings is 1. The van der Waals surface area contributed by atoms with Crippen LogP contribution in [-0.2, 0) is 11.2 Å². The van der Waals surface area contributed by atoms with Crippen molar-refractivity contribution in [2.24, 2.45) is 11.8 Å². The Kier molecular flexibility index (Phi) is 3.57. The van der Waals surface area contributed by atoms with Crippen LogP contribution in [0.15, 0.2) is 24.3 Å². The number of likely N-dealkylation sites (tertiary alicyclic amines) is 1. The van der Waals surface area contributed by atoms with Crippen LogP contribution < -0.4 is 4.90 Å². The second-order valence-electron chi connectivity index (χ2n) is 5.99. The number of nitrogens with zero attached hydrogens (tertiary/aromatic N) is 2. The predicted molar refractivity (Wildman–Crippen MR) is 79.4 cm³/mol. The van der Waals surface area contributed by atoms with Crippen molar-refractivity contribution in [3.05, 3.63) is 29.8 Å². The fourth-order valence-electron chi connectivity index (χ4n) is 3.35. The number of carboxylic acids is 1. The van der Waals surface area contributed by atoms with E-state index in [1.165, 1.54) is 5.56 Å². The lowest BCUT2D eigenvalue weighted by molar-refractivity contribution is -0.142. The van der Waals surface area contributed by atoms with Gasteiger partial charge in [0.15, 0.2) is 0 Å². The fourth-order valence-corrected chi connectivity index (χ4v) is 3.35. The Bertz CT molecular complexity index is 572. The number of hydrogen-bond donors (Lipinski definition) is 1. The van der Waals surface area contributed by atoms with Crippen molar-refractivity contribution in [2.45, 2.75) is 19.8 Å². The van der Waals surface area contributed by atoms with Crippen molar-refractivity contribution < 1.29 is 14.7 Å². The summed E-state index contributed by atoms with van der Waals surface area (Å²) in [4.78, 5) is 27.4. The maximum absolute atomic E-state index is 12.7. The largest absolute Gasteiger partial charge is 0.481 e. The van der Waals surface area contributed by atoms with Crippen LogP contribution in [-0.4, -0.2) is 41.6 Å². The summed E-state index contributed by atoms with van der Waals surface area (Å²) < 4.78 is 0. The molecule has 1 saturated heterocycles. The molecule has 5 nitrogen and oxygen atoms in total. The van der Waals surface area contributed by atoms with E-state index in [1.54, 1.807) is 9.80 Å². The van der Waals surface area contributed by atoms with E-state index in [4.69, 9.17) is 0 Å². The number of para-hydroxylation sites is 1. The van der Waals surface area contributed by atoms with Crippen LogP contribution in [0.5, 0.6) is 0 Å². The van der Waals surface area contributed by atoms with Gasteiger partial charge in [0.1, 0.15) is 0 Å². The van der Waals surface area contributed by atoms with E-state index >= 15 is 0 Å². The molecule has 112 valence electrons. The molecular formula is C16H20N2O3. The molecule has 2 amide bonds. The van der Waals surface area contributed by atoms with Crippen LogP contribution >= 0.6 is 0 Å². The molecule has 3 rings (SSSR count). The molecule has 2 heterocycles. The minimum absolute atomic E-state index is 0.00600. The molecule has 5 heteroatoms. The van der Waals surface area contributed by atoms with E-state index in [1.807, 2.05) is 25.1 Å². The summed E-state index contributed by atoms with van der Waals surface area (Å²) in [5, 5.41) is 9.20. The van der Waals surface area contributed by atoms with Gasteiger partial charge in [0.2, 0.25) is 0 Å². The number of rotatable bonds is 1. The number of urea groups is 1. The first-order valence-electron chi connectivity index (χ1n) is 7.45. The number of anilines is 1. The summed E-state index contributed by atoms with van der Waals surface area (Å²) in [6.45, 7) is 3.44. The van der Waals surface area contributed by atoms with Crippen LogP contribution in [0.2, 0.25) is 0 Å². The minimum atomic E-state index is -0.808. The smallest absolute Gasteiger partial charge is 0.324 e. The van der Waals surface area contributed by atoms with Gasteiger partial charge in [-0.05, 0) is 30.4 Å². The molecule has 2 atom stereocenters. The predicted octanol–water partition coefficient (Wildman–Crippen LogP) is 2.21. The topological polar surface area (TPSA) is 60.9 Å². The SMILES string of the molecule is C[C@@H]1CN(C(=O)N2CCCc3ccccc32)C[C@H]1C(=O)O. The average Bonchev–Trinajstić information content (AvgIpc) is 2.88. The Morgan fingerprint density at radius 2 is 2.00 bits per heavy atom. The Hall–Kier alpha value is -2.04. The molecule has 0 radical (unpaired) electrons. The van der Waals surface area contributed by atoms with Crippen molar-refractivity contribution in [1.29, 1.82) is 0 Å². The normalized spacial score (nSPS) is 24.8. The van der Waals surface area contributed by atoms with Gasteiger partial charge in [-0.3, -0.25) is 9.69 Å². The third-order valence-corrected chi connectivity index (χ3v) is 4.54. The van der Waals surface area contributed by atoms with Gasteiger partial charge in [-0.1, -0.05) is 25.1 Å². The number of fused-ring (bicyclic) bond motifs is 1. The molecule has 0 saturated carbocycles. The van der Waals surface area contributed by atoms with Gasteiger partial charge in [-0.25, -0.2) is 4.79 Å². The molecular weight excluding hydrogens is 268 g/mol. The summed E-state index contributed by atoms with van der Waals surface area (Å²) in [7, 11) is 0. The summed E-state index contributed by atoms with van der Waals surface area (Å²) in [5.74, 6) is -1.25. The van der Waals surface area contributed by atoms with Crippen molar-refractivity contribution in [3.63, 3.8) is 0 Å². The molecule has 1 N–H and O–H groups in total. The van der Waals surface area contributed by atoms with Crippen molar-refractivity contribution in [2.75, 3.05) is 24.5 Å². The lowest BCUT2D eigenvalue weighted by Crippen LogP contribution is -2.45. The van der Waals surface area contributed by atoms with E-state index in [-0.39, 0.29) is 11.9 Å². The number of aryl methyl sites for hydroxylation is 1. The van der Waals surface area contributed by atoms with Gasteiger partial charge in [0.25, 0.3) is 0 Å². The first kappa shape index (κ1) is 13.9. The van der Waals surface area contributed by atoms with Crippen LogP contribution in [0.4, 0.5) is 10.5 Å². The van der Waals surface area contributed by atoms with Gasteiger partial charge < -0.3 is 10.0 Å². The quantitative estimate of drug-likeness (QED) is 0.862. The first-order valence-corrected chi connectivity index (χ1v) is 7.45. The van der Waals surface area contributed by atoms with E-state index in [9.17, 15) is 14.7 Å². The highest BCUT2D eigenvalue weighted by molar-refractivity contribution is 5.94. The first-order chi connectivity index (χ1) is 10.1. The van der Waals surface area contributed by atoms with Crippen LogP contribution in [0, 0.1) is 11.8 Å². The average molecular weight is 288 g/mol. The van der Waals surface area contributed by atoms with Gasteiger partial charge in [-0.2, -0.15) is 0 Å². The molecule has 0 aromatic heterocycles. The fraction of sp³-hybridized carbons (Fsp3) is 0.500. The van der Waals surface area contributed by atoms with Crippen molar-refractivity contribution in [3.8, 4) is 0 Å². The van der Waals surface area contributed by atoms with E-state index < -0.39 is 11.9 Å². The molecule has 1 aromatic rings. The number of carboxylic acid groups (broad SMARTS) is 1. The summed E-state index contributed by atoms with van der Waals surface area (Å²) >= 11 is 0. The van der Waals surface area contributed by atoms with E-state index in [0.29, 0.717) is 19.6 Å². The molecule has 0 aliphatic carbocycles. The third kappa shape index (κ3) is 2.48. The highest BCUT2D eigenvalue weighted by Crippen LogP contribution is 2.30. The molecule has 2 aliphatic heterocycles. The number of carbonyl (C=O) groups excluding carboxylic acids is 1. The number of amides is 2. The van der Waals surface area contributed by atoms with Gasteiger partial charge in [0, 0.05) is 25.3 Å². The Balaban J connectivity index is 1.80. The Labute approximate surface area is 124 Å². The molecule has 1 fully saturated rings. The maximum Gasteiger partial charge on any atom is 0.324 e. The lowest BCUT2D eigenvalue weighted by atomic mass is 9.99. The molecule has 2 aliphatic rings. The minimum Gasteiger partial charge on any atom is -0.481 e. The maximum atomic E-state index is 12.7. The van der Waals surface area contributed by atoms with E-state index in [0.717, 1.165) is 18.5 Å². The summed E-state index contributed by atoms with van der Waals surface area (Å²) in [6.07, 6.45) is 1.95. The summed E-state index contributed by atoms with van der Waals surface area (Å²) in [5.41, 5.74) is 2.17. The summed E-state index contributed by atoms with van der Waals surface area (Å²) in [6, 6.07) is 7.90. The van der Waals surface area contributed by atoms with Crippen molar-refractivity contribution in [1.82, 2.24) is 4.90 Å². The number of carbonyl (C=O) groups is 2. The monoisotopic (exact) mass is 288 g/mol. The lowest BCUT2D eigenvalue weighted by Gasteiger charge is -2.32. The van der Waals surface area contributed by atoms with Crippen LogP contribution in [0.3, 0.4) is 0 Å². The zero-order chi connectivity index (χ0) is 15.0. The number of aliphatic carboxylic acids is 1. The highest BCUT2D eigenvalue weighted by atomic mass is 16.4. The van der Waals surface area contributed by atoms with Crippen LogP contribution in [0.1, 0.15) is 18.9 Å². The zero-order valence-corrected chi connectivity index (χ0v) is 12.2. The van der Waals surface area contributed by atoms with Crippen molar-refractivity contribution >= 4 is 17.7 Å². The van der Waals surface area contributed by atoms with Gasteiger partial charge >= 0.3 is 12.0 Å². The Morgan fingerprint density at radius 3 is 2.71 bits per heavy atom. The molecule has 1 aromatic carbocycles.